The van der Waals surface area contributed by atoms with Crippen LogP contribution in [0.2, 0.25) is 0 Å². The minimum Gasteiger partial charge on any atom is -0.467 e. The van der Waals surface area contributed by atoms with Gasteiger partial charge < -0.3 is 14.5 Å². The molecule has 2 atom stereocenters. The third-order valence-corrected chi connectivity index (χ3v) is 3.70. The lowest BCUT2D eigenvalue weighted by atomic mass is 10.1. The molecule has 6 heteroatoms. The van der Waals surface area contributed by atoms with Crippen molar-refractivity contribution in [1.29, 1.82) is 0 Å². The summed E-state index contributed by atoms with van der Waals surface area (Å²) in [5, 5.41) is 0. The molecule has 0 aromatic carbocycles. The van der Waals surface area contributed by atoms with Crippen LogP contribution in [-0.2, 0) is 19.1 Å². The van der Waals surface area contributed by atoms with Crippen LogP contribution in [0.15, 0.2) is 0 Å². The number of rotatable bonds is 2. The Balaban J connectivity index is 2.04. The van der Waals surface area contributed by atoms with E-state index in [9.17, 15) is 14.4 Å². The van der Waals surface area contributed by atoms with Gasteiger partial charge in [0.15, 0.2) is 0 Å². The van der Waals surface area contributed by atoms with Crippen LogP contribution in [0.25, 0.3) is 0 Å². The second kappa shape index (κ2) is 4.96. The highest BCUT2D eigenvalue weighted by Crippen LogP contribution is 2.25. The third kappa shape index (κ3) is 2.19. The van der Waals surface area contributed by atoms with E-state index in [-0.39, 0.29) is 30.1 Å². The average Bonchev–Trinajstić information content (AvgIpc) is 2.95. The summed E-state index contributed by atoms with van der Waals surface area (Å²) in [7, 11) is 3.02. The Bertz CT molecular complexity index is 382. The molecule has 2 unspecified atom stereocenters. The number of nitrogens with zero attached hydrogens (tertiary/aromatic N) is 2. The van der Waals surface area contributed by atoms with E-state index < -0.39 is 6.04 Å². The van der Waals surface area contributed by atoms with Crippen LogP contribution in [0, 0.1) is 5.92 Å². The number of methoxy groups -OCH3 is 1. The van der Waals surface area contributed by atoms with E-state index in [4.69, 9.17) is 4.74 Å². The van der Waals surface area contributed by atoms with Gasteiger partial charge in [0.25, 0.3) is 0 Å². The maximum atomic E-state index is 12.3. The number of carbonyl (C=O) groups excluding carboxylic acids is 3. The minimum atomic E-state index is -0.469. The van der Waals surface area contributed by atoms with Crippen molar-refractivity contribution < 1.29 is 19.1 Å². The van der Waals surface area contributed by atoms with E-state index in [1.807, 2.05) is 0 Å². The Morgan fingerprint density at radius 1 is 1.39 bits per heavy atom. The van der Waals surface area contributed by atoms with Gasteiger partial charge in [0.1, 0.15) is 6.04 Å². The molecular weight excluding hydrogens is 236 g/mol. The molecule has 2 fully saturated rings. The molecule has 0 saturated carbocycles. The number of amides is 2. The molecule has 2 saturated heterocycles. The molecule has 0 radical (unpaired) electrons. The molecule has 2 heterocycles. The summed E-state index contributed by atoms with van der Waals surface area (Å²) in [5.74, 6) is -0.783. The van der Waals surface area contributed by atoms with Crippen molar-refractivity contribution in [2.45, 2.75) is 25.3 Å². The SMILES string of the molecule is COC(=O)C1CCCN1C(=O)C1CC(=O)N(C)C1. The van der Waals surface area contributed by atoms with E-state index in [0.717, 1.165) is 6.42 Å². The molecular formula is C12H18N2O4. The van der Waals surface area contributed by atoms with Gasteiger partial charge in [0.2, 0.25) is 11.8 Å². The van der Waals surface area contributed by atoms with Crippen molar-refractivity contribution >= 4 is 17.8 Å². The van der Waals surface area contributed by atoms with Crippen molar-refractivity contribution in [3.63, 3.8) is 0 Å². The molecule has 0 aliphatic carbocycles. The fourth-order valence-electron chi connectivity index (χ4n) is 2.68. The van der Waals surface area contributed by atoms with Gasteiger partial charge in [-0.15, -0.1) is 0 Å². The number of ether oxygens (including phenoxy) is 1. The molecule has 100 valence electrons. The molecule has 0 aromatic heterocycles. The van der Waals surface area contributed by atoms with Crippen LogP contribution in [-0.4, -0.2) is 60.9 Å². The van der Waals surface area contributed by atoms with E-state index in [2.05, 4.69) is 0 Å². The van der Waals surface area contributed by atoms with Crippen molar-refractivity contribution in [3.05, 3.63) is 0 Å². The van der Waals surface area contributed by atoms with Crippen LogP contribution in [0.5, 0.6) is 0 Å². The van der Waals surface area contributed by atoms with Crippen molar-refractivity contribution in [3.8, 4) is 0 Å². The van der Waals surface area contributed by atoms with Gasteiger partial charge in [-0.25, -0.2) is 4.79 Å². The summed E-state index contributed by atoms with van der Waals surface area (Å²) in [4.78, 5) is 38.5. The Morgan fingerprint density at radius 3 is 2.67 bits per heavy atom. The Kier molecular flexibility index (Phi) is 3.54. The Labute approximate surface area is 106 Å². The van der Waals surface area contributed by atoms with Gasteiger partial charge in [-0.2, -0.15) is 0 Å². The quantitative estimate of drug-likeness (QED) is 0.630. The lowest BCUT2D eigenvalue weighted by Gasteiger charge is -2.25. The second-order valence-electron chi connectivity index (χ2n) is 4.89. The predicted octanol–water partition coefficient (Wildman–Crippen LogP) is -0.371. The summed E-state index contributed by atoms with van der Waals surface area (Å²) < 4.78 is 4.71. The van der Waals surface area contributed by atoms with Crippen LogP contribution in [0.1, 0.15) is 19.3 Å². The molecule has 2 amide bonds. The maximum absolute atomic E-state index is 12.3. The Morgan fingerprint density at radius 2 is 2.11 bits per heavy atom. The largest absolute Gasteiger partial charge is 0.467 e. The van der Waals surface area contributed by atoms with Gasteiger partial charge in [-0.05, 0) is 12.8 Å². The van der Waals surface area contributed by atoms with Crippen molar-refractivity contribution in [2.24, 2.45) is 5.92 Å². The summed E-state index contributed by atoms with van der Waals surface area (Å²) in [6.07, 6.45) is 1.71. The zero-order valence-corrected chi connectivity index (χ0v) is 10.7. The highest BCUT2D eigenvalue weighted by molar-refractivity contribution is 5.91. The molecule has 18 heavy (non-hydrogen) atoms. The van der Waals surface area contributed by atoms with Crippen LogP contribution >= 0.6 is 0 Å². The average molecular weight is 254 g/mol. The fraction of sp³-hybridized carbons (Fsp3) is 0.750. The minimum absolute atomic E-state index is 0.0119. The van der Waals surface area contributed by atoms with E-state index in [1.54, 1.807) is 16.8 Å². The van der Waals surface area contributed by atoms with Crippen LogP contribution in [0.4, 0.5) is 0 Å². The zero-order valence-electron chi connectivity index (χ0n) is 10.7. The first kappa shape index (κ1) is 12.9. The molecule has 0 aromatic rings. The summed E-state index contributed by atoms with van der Waals surface area (Å²) in [6, 6.07) is -0.469. The maximum Gasteiger partial charge on any atom is 0.328 e. The van der Waals surface area contributed by atoms with Crippen molar-refractivity contribution in [1.82, 2.24) is 9.80 Å². The molecule has 0 bridgehead atoms. The second-order valence-corrected chi connectivity index (χ2v) is 4.89. The standard InChI is InChI=1S/C12H18N2O4/c1-13-7-8(6-10(13)15)11(16)14-5-3-4-9(14)12(17)18-2/h8-9H,3-7H2,1-2H3. The highest BCUT2D eigenvalue weighted by Gasteiger charge is 2.41. The first-order valence-electron chi connectivity index (χ1n) is 6.17. The van der Waals surface area contributed by atoms with Crippen LogP contribution in [0.3, 0.4) is 0 Å². The molecule has 0 N–H and O–H groups in total. The summed E-state index contributed by atoms with van der Waals surface area (Å²) in [6.45, 7) is 1.02. The van der Waals surface area contributed by atoms with Gasteiger partial charge in [0, 0.05) is 26.6 Å². The van der Waals surface area contributed by atoms with Crippen molar-refractivity contribution in [2.75, 3.05) is 27.2 Å². The topological polar surface area (TPSA) is 66.9 Å². The van der Waals surface area contributed by atoms with Gasteiger partial charge >= 0.3 is 5.97 Å². The number of hydrogen-bond donors (Lipinski definition) is 0. The van der Waals surface area contributed by atoms with Gasteiger partial charge in [-0.3, -0.25) is 9.59 Å². The smallest absolute Gasteiger partial charge is 0.328 e. The zero-order chi connectivity index (χ0) is 13.3. The number of carbonyl (C=O) groups is 3. The monoisotopic (exact) mass is 254 g/mol. The Hall–Kier alpha value is -1.59. The molecule has 0 spiro atoms. The van der Waals surface area contributed by atoms with E-state index in [0.29, 0.717) is 19.5 Å². The van der Waals surface area contributed by atoms with Crippen LogP contribution < -0.4 is 0 Å². The lowest BCUT2D eigenvalue weighted by molar-refractivity contribution is -0.152. The van der Waals surface area contributed by atoms with E-state index in [1.165, 1.54) is 7.11 Å². The van der Waals surface area contributed by atoms with Gasteiger partial charge in [0.05, 0.1) is 13.0 Å². The molecule has 2 rings (SSSR count). The number of esters is 1. The molecule has 2 aliphatic rings. The van der Waals surface area contributed by atoms with E-state index >= 15 is 0 Å². The highest BCUT2D eigenvalue weighted by atomic mass is 16.5. The first-order chi connectivity index (χ1) is 8.54. The fourth-order valence-corrected chi connectivity index (χ4v) is 2.68. The normalized spacial score (nSPS) is 27.8. The first-order valence-corrected chi connectivity index (χ1v) is 6.17. The number of likely N-dealkylation sites (tertiary alicyclic amines) is 2. The number of hydrogen-bond acceptors (Lipinski definition) is 4. The van der Waals surface area contributed by atoms with Gasteiger partial charge in [-0.1, -0.05) is 0 Å². The summed E-state index contributed by atoms with van der Waals surface area (Å²) >= 11 is 0. The third-order valence-electron chi connectivity index (χ3n) is 3.70. The molecule has 2 aliphatic heterocycles. The molecule has 6 nitrogen and oxygen atoms in total. The predicted molar refractivity (Wildman–Crippen MR) is 62.5 cm³/mol. The summed E-state index contributed by atoms with van der Waals surface area (Å²) in [5.41, 5.74) is 0. The lowest BCUT2D eigenvalue weighted by Crippen LogP contribution is -2.44.